The van der Waals surface area contributed by atoms with Crippen LogP contribution >= 0.6 is 0 Å². The van der Waals surface area contributed by atoms with Crippen LogP contribution in [0.25, 0.3) is 0 Å². The van der Waals surface area contributed by atoms with Crippen molar-refractivity contribution in [2.45, 2.75) is 96.4 Å². The molecule has 2 heteroatoms. The Bertz CT molecular complexity index is 569. The Morgan fingerprint density at radius 3 is 2.52 bits per heavy atom. The second kappa shape index (κ2) is 10.3. The van der Waals surface area contributed by atoms with Gasteiger partial charge in [0.25, 0.3) is 0 Å². The highest BCUT2D eigenvalue weighted by Gasteiger charge is 2.41. The number of likely N-dealkylation sites (tertiary alicyclic amines) is 1. The van der Waals surface area contributed by atoms with E-state index in [1.165, 1.54) is 63.4 Å². The Balaban J connectivity index is 0.00000280. The van der Waals surface area contributed by atoms with Crippen LogP contribution in [0.2, 0.25) is 0 Å². The molecule has 152 valence electrons. The summed E-state index contributed by atoms with van der Waals surface area (Å²) in [4.78, 5) is 15.3. The Hall–Kier alpha value is -1.31. The van der Waals surface area contributed by atoms with Crippen LogP contribution in [0.5, 0.6) is 0 Å². The minimum absolute atomic E-state index is 0. The Labute approximate surface area is 168 Å². The minimum Gasteiger partial charge on any atom is -0.339 e. The van der Waals surface area contributed by atoms with Crippen molar-refractivity contribution in [2.75, 3.05) is 6.54 Å². The average Bonchev–Trinajstić information content (AvgIpc) is 3.04. The van der Waals surface area contributed by atoms with Crippen molar-refractivity contribution in [3.8, 4) is 0 Å². The molecule has 0 aromatic heterocycles. The third-order valence-corrected chi connectivity index (χ3v) is 7.20. The molecule has 1 aliphatic heterocycles. The quantitative estimate of drug-likeness (QED) is 0.460. The highest BCUT2D eigenvalue weighted by molar-refractivity contribution is 5.77. The van der Waals surface area contributed by atoms with Gasteiger partial charge in [-0.3, -0.25) is 4.79 Å². The Kier molecular flexibility index (Phi) is 7.79. The third kappa shape index (κ3) is 5.36. The summed E-state index contributed by atoms with van der Waals surface area (Å²) >= 11 is 0. The van der Waals surface area contributed by atoms with Crippen LogP contribution in [0.1, 0.15) is 97.4 Å². The number of benzene rings is 1. The summed E-state index contributed by atoms with van der Waals surface area (Å²) in [5, 5.41) is 0. The van der Waals surface area contributed by atoms with E-state index >= 15 is 0 Å². The average molecular weight is 372 g/mol. The number of unbranched alkanes of at least 4 members (excludes halogenated alkanes) is 2. The number of carbonyl (C=O) groups excluding carboxylic acids is 1. The zero-order chi connectivity index (χ0) is 19.1. The summed E-state index contributed by atoms with van der Waals surface area (Å²) < 4.78 is 0. The highest BCUT2D eigenvalue weighted by atomic mass is 16.2. The molecule has 1 saturated heterocycles. The predicted octanol–water partition coefficient (Wildman–Crippen LogP) is 6.80. The summed E-state index contributed by atoms with van der Waals surface area (Å²) in [6, 6.07) is 11.3. The largest absolute Gasteiger partial charge is 0.339 e. The molecule has 2 aliphatic rings. The van der Waals surface area contributed by atoms with E-state index in [4.69, 9.17) is 0 Å². The van der Waals surface area contributed by atoms with Crippen molar-refractivity contribution in [1.29, 1.82) is 0 Å². The molecule has 0 spiro atoms. The number of carbonyl (C=O) groups is 1. The van der Waals surface area contributed by atoms with Crippen molar-refractivity contribution >= 4 is 5.91 Å². The van der Waals surface area contributed by atoms with Gasteiger partial charge in [-0.2, -0.15) is 0 Å². The van der Waals surface area contributed by atoms with Gasteiger partial charge in [-0.1, -0.05) is 88.6 Å². The number of rotatable bonds is 8. The molecule has 3 rings (SSSR count). The second-order valence-electron chi connectivity index (χ2n) is 9.01. The molecule has 1 heterocycles. The Morgan fingerprint density at radius 2 is 1.81 bits per heavy atom. The molecule has 2 nitrogen and oxygen atoms in total. The van der Waals surface area contributed by atoms with E-state index < -0.39 is 0 Å². The normalized spacial score (nSPS) is 26.4. The monoisotopic (exact) mass is 371 g/mol. The first-order valence-electron chi connectivity index (χ1n) is 11.5. The highest BCUT2D eigenvalue weighted by Crippen LogP contribution is 2.41. The maximum Gasteiger partial charge on any atom is 0.222 e. The summed E-state index contributed by atoms with van der Waals surface area (Å²) in [5.74, 6) is 2.33. The predicted molar refractivity (Wildman–Crippen MR) is 116 cm³/mol. The molecule has 1 saturated carbocycles. The lowest BCUT2D eigenvalue weighted by Crippen LogP contribution is -2.36. The van der Waals surface area contributed by atoms with E-state index in [9.17, 15) is 4.79 Å². The van der Waals surface area contributed by atoms with E-state index in [0.29, 0.717) is 23.8 Å². The van der Waals surface area contributed by atoms with Crippen molar-refractivity contribution in [3.63, 3.8) is 0 Å². The fourth-order valence-corrected chi connectivity index (χ4v) is 5.48. The summed E-state index contributed by atoms with van der Waals surface area (Å²) in [6.45, 7) is 5.50. The molecule has 0 N–H and O–H groups in total. The van der Waals surface area contributed by atoms with Crippen LogP contribution in [-0.2, 0) is 4.79 Å². The van der Waals surface area contributed by atoms with Gasteiger partial charge in [0, 0.05) is 26.4 Å². The molecule has 1 aromatic rings. The first kappa shape index (κ1) is 20.4. The lowest BCUT2D eigenvalue weighted by molar-refractivity contribution is -0.132. The van der Waals surface area contributed by atoms with Gasteiger partial charge in [0.1, 0.15) is 0 Å². The zero-order valence-electron chi connectivity index (χ0n) is 17.5. The van der Waals surface area contributed by atoms with Gasteiger partial charge in [0.15, 0.2) is 0 Å². The van der Waals surface area contributed by atoms with Crippen molar-refractivity contribution in [2.24, 2.45) is 11.8 Å². The van der Waals surface area contributed by atoms with Gasteiger partial charge in [-0.25, -0.2) is 0 Å². The van der Waals surface area contributed by atoms with Gasteiger partial charge in [-0.05, 0) is 37.2 Å². The van der Waals surface area contributed by atoms with Crippen molar-refractivity contribution in [1.82, 2.24) is 4.90 Å². The van der Waals surface area contributed by atoms with Crippen LogP contribution in [0.15, 0.2) is 30.3 Å². The number of nitrogens with zero attached hydrogens (tertiary/aromatic N) is 1. The maximum atomic E-state index is 13.1. The minimum atomic E-state index is 0. The van der Waals surface area contributed by atoms with Crippen LogP contribution in [-0.4, -0.2) is 23.4 Å². The summed E-state index contributed by atoms with van der Waals surface area (Å²) in [7, 11) is 0. The van der Waals surface area contributed by atoms with E-state index in [-0.39, 0.29) is 1.43 Å². The lowest BCUT2D eigenvalue weighted by Gasteiger charge is -2.27. The molecule has 2 fully saturated rings. The molecule has 1 aromatic carbocycles. The van der Waals surface area contributed by atoms with Crippen molar-refractivity contribution < 1.29 is 6.22 Å². The van der Waals surface area contributed by atoms with Crippen molar-refractivity contribution in [3.05, 3.63) is 35.9 Å². The summed E-state index contributed by atoms with van der Waals surface area (Å²) in [6.07, 6.45) is 13.8. The van der Waals surface area contributed by atoms with Crippen LogP contribution in [0.4, 0.5) is 0 Å². The number of hydrogen-bond acceptors (Lipinski definition) is 1. The zero-order valence-corrected chi connectivity index (χ0v) is 17.5. The fraction of sp³-hybridized carbons (Fsp3) is 0.720. The fourth-order valence-electron chi connectivity index (χ4n) is 5.48. The standard InChI is InChI=1S/C25H39NO.H2/c1-3-4-7-16-23-20(2)26(19-24(23)22-14-10-6-11-15-22)25(27)18-17-21-12-8-5-9-13-21;/h6,10-11,14-15,20-21,23-24H,3-5,7-9,12-13,16-19H2,1-2H3;1H. The van der Waals surface area contributed by atoms with Crippen LogP contribution < -0.4 is 0 Å². The van der Waals surface area contributed by atoms with Gasteiger partial charge in [0.2, 0.25) is 5.91 Å². The molecular weight excluding hydrogens is 330 g/mol. The molecule has 0 bridgehead atoms. The SMILES string of the molecule is CCCCCC1C(c2ccccc2)CN(C(=O)CCC2CCCCC2)C1C.[HH]. The summed E-state index contributed by atoms with van der Waals surface area (Å²) in [5.41, 5.74) is 1.42. The van der Waals surface area contributed by atoms with Crippen LogP contribution in [0, 0.1) is 11.8 Å². The van der Waals surface area contributed by atoms with Crippen LogP contribution in [0.3, 0.4) is 0 Å². The maximum absolute atomic E-state index is 13.1. The Morgan fingerprint density at radius 1 is 1.07 bits per heavy atom. The number of amides is 1. The molecule has 3 atom stereocenters. The molecular formula is C25H41NO. The van der Waals surface area contributed by atoms with Gasteiger partial charge < -0.3 is 4.90 Å². The van der Waals surface area contributed by atoms with E-state index in [0.717, 1.165) is 25.3 Å². The van der Waals surface area contributed by atoms with Gasteiger partial charge in [-0.15, -0.1) is 0 Å². The van der Waals surface area contributed by atoms with Gasteiger partial charge in [0.05, 0.1) is 0 Å². The van der Waals surface area contributed by atoms with Gasteiger partial charge >= 0.3 is 0 Å². The topological polar surface area (TPSA) is 20.3 Å². The molecule has 27 heavy (non-hydrogen) atoms. The first-order valence-corrected chi connectivity index (χ1v) is 11.5. The van der Waals surface area contributed by atoms with E-state index in [2.05, 4.69) is 49.1 Å². The molecule has 1 amide bonds. The lowest BCUT2D eigenvalue weighted by atomic mass is 9.82. The smallest absolute Gasteiger partial charge is 0.222 e. The number of hydrogen-bond donors (Lipinski definition) is 0. The first-order chi connectivity index (χ1) is 13.2. The molecule has 0 radical (unpaired) electrons. The molecule has 3 unspecified atom stereocenters. The van der Waals surface area contributed by atoms with E-state index in [1.807, 2.05) is 0 Å². The second-order valence-corrected chi connectivity index (χ2v) is 9.01. The van der Waals surface area contributed by atoms with E-state index in [1.54, 1.807) is 0 Å². The molecule has 1 aliphatic carbocycles. The third-order valence-electron chi connectivity index (χ3n) is 7.20.